The lowest BCUT2D eigenvalue weighted by atomic mass is 9.90. The van der Waals surface area contributed by atoms with Crippen LogP contribution >= 0.6 is 23.2 Å². The summed E-state index contributed by atoms with van der Waals surface area (Å²) >= 11 is 12.3. The van der Waals surface area contributed by atoms with E-state index in [-0.39, 0.29) is 5.91 Å². The SMILES string of the molecule is CNC(=O)c1ccc(N2CCC(Cc3cc(Cl)ccc3Cl)CC2)nn1. The number of anilines is 1. The van der Waals surface area contributed by atoms with Gasteiger partial charge >= 0.3 is 0 Å². The Balaban J connectivity index is 1.58. The first-order valence-electron chi connectivity index (χ1n) is 8.31. The third kappa shape index (κ3) is 4.41. The summed E-state index contributed by atoms with van der Waals surface area (Å²) in [6, 6.07) is 9.19. The smallest absolute Gasteiger partial charge is 0.271 e. The summed E-state index contributed by atoms with van der Waals surface area (Å²) in [7, 11) is 1.58. The first-order chi connectivity index (χ1) is 12.1. The minimum Gasteiger partial charge on any atom is -0.355 e. The highest BCUT2D eigenvalue weighted by molar-refractivity contribution is 6.33. The average Bonchev–Trinajstić information content (AvgIpc) is 2.65. The summed E-state index contributed by atoms with van der Waals surface area (Å²) < 4.78 is 0. The fourth-order valence-electron chi connectivity index (χ4n) is 3.12. The maximum absolute atomic E-state index is 11.5. The normalized spacial score (nSPS) is 15.2. The highest BCUT2D eigenvalue weighted by atomic mass is 35.5. The van der Waals surface area contributed by atoms with Crippen molar-refractivity contribution in [3.05, 3.63) is 51.6 Å². The van der Waals surface area contributed by atoms with Crippen LogP contribution in [0.25, 0.3) is 0 Å². The van der Waals surface area contributed by atoms with Gasteiger partial charge < -0.3 is 10.2 Å². The highest BCUT2D eigenvalue weighted by Crippen LogP contribution is 2.28. The van der Waals surface area contributed by atoms with Crippen molar-refractivity contribution < 1.29 is 4.79 Å². The lowest BCUT2D eigenvalue weighted by Gasteiger charge is -2.32. The summed E-state index contributed by atoms with van der Waals surface area (Å²) in [6.45, 7) is 1.83. The van der Waals surface area contributed by atoms with E-state index in [4.69, 9.17) is 23.2 Å². The number of piperidine rings is 1. The van der Waals surface area contributed by atoms with Crippen LogP contribution in [0.1, 0.15) is 28.9 Å². The molecule has 2 aromatic rings. The van der Waals surface area contributed by atoms with Crippen LogP contribution in [0.4, 0.5) is 5.82 Å². The van der Waals surface area contributed by atoms with Gasteiger partial charge in [0, 0.05) is 30.2 Å². The van der Waals surface area contributed by atoms with Crippen molar-refractivity contribution in [1.29, 1.82) is 0 Å². The van der Waals surface area contributed by atoms with Crippen LogP contribution in [0.5, 0.6) is 0 Å². The van der Waals surface area contributed by atoms with Crippen LogP contribution in [0.3, 0.4) is 0 Å². The van der Waals surface area contributed by atoms with Gasteiger partial charge in [-0.1, -0.05) is 23.2 Å². The maximum Gasteiger partial charge on any atom is 0.271 e. The van der Waals surface area contributed by atoms with E-state index < -0.39 is 0 Å². The number of hydrogen-bond acceptors (Lipinski definition) is 4. The molecule has 1 N–H and O–H groups in total. The molecule has 1 amide bonds. The van der Waals surface area contributed by atoms with Gasteiger partial charge in [0.05, 0.1) is 0 Å². The van der Waals surface area contributed by atoms with Gasteiger partial charge in [0.2, 0.25) is 0 Å². The van der Waals surface area contributed by atoms with E-state index in [1.54, 1.807) is 13.1 Å². The predicted molar refractivity (Wildman–Crippen MR) is 101 cm³/mol. The standard InChI is InChI=1S/C18H20Cl2N4O/c1-21-18(25)16-4-5-17(23-22-16)24-8-6-12(7-9-24)10-13-11-14(19)2-3-15(13)20/h2-5,11-12H,6-10H2,1H3,(H,21,25). The molecule has 7 heteroatoms. The van der Waals surface area contributed by atoms with Gasteiger partial charge in [-0.3, -0.25) is 4.79 Å². The van der Waals surface area contributed by atoms with Crippen LogP contribution in [0, 0.1) is 5.92 Å². The molecule has 1 aromatic heterocycles. The molecule has 132 valence electrons. The number of rotatable bonds is 4. The Kier molecular flexibility index (Phi) is 5.76. The monoisotopic (exact) mass is 378 g/mol. The molecule has 1 fully saturated rings. The Hall–Kier alpha value is -1.85. The van der Waals surface area contributed by atoms with E-state index in [1.165, 1.54) is 0 Å². The van der Waals surface area contributed by atoms with Crippen molar-refractivity contribution in [3.63, 3.8) is 0 Å². The number of halogens is 2. The topological polar surface area (TPSA) is 58.1 Å². The molecular weight excluding hydrogens is 359 g/mol. The molecule has 3 rings (SSSR count). The fourth-order valence-corrected chi connectivity index (χ4v) is 3.51. The zero-order chi connectivity index (χ0) is 17.8. The average molecular weight is 379 g/mol. The summed E-state index contributed by atoms with van der Waals surface area (Å²) in [6.07, 6.45) is 3.05. The second-order valence-electron chi connectivity index (χ2n) is 6.23. The number of carbonyl (C=O) groups is 1. The Morgan fingerprint density at radius 1 is 1.20 bits per heavy atom. The maximum atomic E-state index is 11.5. The summed E-state index contributed by atoms with van der Waals surface area (Å²) in [5, 5.41) is 12.2. The van der Waals surface area contributed by atoms with E-state index in [2.05, 4.69) is 20.4 Å². The van der Waals surface area contributed by atoms with E-state index in [1.807, 2.05) is 24.3 Å². The molecule has 0 atom stereocenters. The molecule has 1 aliphatic heterocycles. The number of amides is 1. The molecule has 0 spiro atoms. The minimum absolute atomic E-state index is 0.226. The molecule has 0 radical (unpaired) electrons. The van der Waals surface area contributed by atoms with Crippen molar-refractivity contribution in [1.82, 2.24) is 15.5 Å². The minimum atomic E-state index is -0.226. The third-order valence-corrected chi connectivity index (χ3v) is 5.17. The van der Waals surface area contributed by atoms with Crippen LogP contribution in [-0.4, -0.2) is 36.2 Å². The Morgan fingerprint density at radius 3 is 2.60 bits per heavy atom. The zero-order valence-electron chi connectivity index (χ0n) is 14.0. The largest absolute Gasteiger partial charge is 0.355 e. The van der Waals surface area contributed by atoms with Gasteiger partial charge in [0.15, 0.2) is 11.5 Å². The second kappa shape index (κ2) is 8.02. The molecule has 0 aliphatic carbocycles. The lowest BCUT2D eigenvalue weighted by molar-refractivity contribution is 0.0957. The summed E-state index contributed by atoms with van der Waals surface area (Å²) in [5.74, 6) is 1.16. The van der Waals surface area contributed by atoms with E-state index in [0.29, 0.717) is 11.6 Å². The van der Waals surface area contributed by atoms with Gasteiger partial charge in [-0.05, 0) is 61.1 Å². The zero-order valence-corrected chi connectivity index (χ0v) is 15.5. The number of benzene rings is 1. The van der Waals surface area contributed by atoms with E-state index in [0.717, 1.165) is 53.8 Å². The van der Waals surface area contributed by atoms with Crippen molar-refractivity contribution in [3.8, 4) is 0 Å². The van der Waals surface area contributed by atoms with Gasteiger partial charge in [0.1, 0.15) is 0 Å². The van der Waals surface area contributed by atoms with Crippen LogP contribution < -0.4 is 10.2 Å². The highest BCUT2D eigenvalue weighted by Gasteiger charge is 2.22. The van der Waals surface area contributed by atoms with Crippen LogP contribution in [0.2, 0.25) is 10.0 Å². The Bertz CT molecular complexity index is 743. The summed E-state index contributed by atoms with van der Waals surface area (Å²) in [5.41, 5.74) is 1.44. The number of aromatic nitrogens is 2. The Labute approximate surface area is 157 Å². The number of hydrogen-bond donors (Lipinski definition) is 1. The number of nitrogens with zero attached hydrogens (tertiary/aromatic N) is 3. The molecule has 2 heterocycles. The number of nitrogens with one attached hydrogen (secondary N) is 1. The van der Waals surface area contributed by atoms with Gasteiger partial charge in [-0.15, -0.1) is 10.2 Å². The molecule has 1 aromatic carbocycles. The number of carbonyl (C=O) groups excluding carboxylic acids is 1. The van der Waals surface area contributed by atoms with Crippen molar-refractivity contribution in [2.45, 2.75) is 19.3 Å². The third-order valence-electron chi connectivity index (χ3n) is 4.57. The molecule has 25 heavy (non-hydrogen) atoms. The first-order valence-corrected chi connectivity index (χ1v) is 9.07. The molecule has 0 unspecified atom stereocenters. The molecule has 1 aliphatic rings. The molecule has 0 saturated carbocycles. The predicted octanol–water partition coefficient (Wildman–Crippen LogP) is 3.60. The molecular formula is C18H20Cl2N4O. The fraction of sp³-hybridized carbons (Fsp3) is 0.389. The quantitative estimate of drug-likeness (QED) is 0.882. The van der Waals surface area contributed by atoms with Gasteiger partial charge in [0.25, 0.3) is 5.91 Å². The van der Waals surface area contributed by atoms with E-state index in [9.17, 15) is 4.79 Å². The van der Waals surface area contributed by atoms with Gasteiger partial charge in [-0.25, -0.2) is 0 Å². The molecule has 1 saturated heterocycles. The van der Waals surface area contributed by atoms with Crippen LogP contribution in [-0.2, 0) is 6.42 Å². The van der Waals surface area contributed by atoms with E-state index >= 15 is 0 Å². The van der Waals surface area contributed by atoms with Crippen molar-refractivity contribution in [2.24, 2.45) is 5.92 Å². The lowest BCUT2D eigenvalue weighted by Crippen LogP contribution is -2.35. The van der Waals surface area contributed by atoms with Crippen LogP contribution in [0.15, 0.2) is 30.3 Å². The Morgan fingerprint density at radius 2 is 1.96 bits per heavy atom. The van der Waals surface area contributed by atoms with Crippen molar-refractivity contribution in [2.75, 3.05) is 25.0 Å². The van der Waals surface area contributed by atoms with Crippen molar-refractivity contribution >= 4 is 34.9 Å². The molecule has 0 bridgehead atoms. The van der Waals surface area contributed by atoms with Gasteiger partial charge in [-0.2, -0.15) is 0 Å². The first kappa shape index (κ1) is 18.0. The molecule has 5 nitrogen and oxygen atoms in total. The summed E-state index contributed by atoms with van der Waals surface area (Å²) in [4.78, 5) is 13.7. The second-order valence-corrected chi connectivity index (χ2v) is 7.07.